The Labute approximate surface area is 103 Å². The Morgan fingerprint density at radius 3 is 2.89 bits per heavy atom. The van der Waals surface area contributed by atoms with Crippen LogP contribution in [-0.2, 0) is 0 Å². The van der Waals surface area contributed by atoms with Crippen molar-refractivity contribution in [3.05, 3.63) is 40.2 Å². The van der Waals surface area contributed by atoms with Crippen LogP contribution in [0.1, 0.15) is 24.4 Å². The predicted octanol–water partition coefficient (Wildman–Crippen LogP) is 2.50. The second-order valence-electron chi connectivity index (χ2n) is 4.55. The molecule has 0 saturated heterocycles. The lowest BCUT2D eigenvalue weighted by molar-refractivity contribution is -0.384. The number of benzene rings is 1. The van der Waals surface area contributed by atoms with Gasteiger partial charge >= 0.3 is 0 Å². The van der Waals surface area contributed by atoms with E-state index in [1.807, 2.05) is 11.5 Å². The fourth-order valence-corrected chi connectivity index (χ4v) is 2.02. The molecule has 1 aliphatic rings. The van der Waals surface area contributed by atoms with Gasteiger partial charge in [-0.15, -0.1) is 10.2 Å². The number of non-ortho nitro benzene ring substituents is 1. The molecule has 6 heteroatoms. The zero-order valence-electron chi connectivity index (χ0n) is 9.91. The predicted molar refractivity (Wildman–Crippen MR) is 65.1 cm³/mol. The molecule has 0 bridgehead atoms. The summed E-state index contributed by atoms with van der Waals surface area (Å²) in [5.41, 5.74) is 1.84. The molecule has 1 aromatic carbocycles. The third-order valence-corrected chi connectivity index (χ3v) is 3.19. The summed E-state index contributed by atoms with van der Waals surface area (Å²) in [7, 11) is 0. The van der Waals surface area contributed by atoms with Crippen LogP contribution in [0.5, 0.6) is 0 Å². The normalized spacial score (nSPS) is 14.7. The van der Waals surface area contributed by atoms with Crippen molar-refractivity contribution in [1.82, 2.24) is 14.8 Å². The molecule has 0 unspecified atom stereocenters. The van der Waals surface area contributed by atoms with Crippen molar-refractivity contribution in [2.24, 2.45) is 0 Å². The van der Waals surface area contributed by atoms with Crippen molar-refractivity contribution in [2.75, 3.05) is 0 Å². The van der Waals surface area contributed by atoms with Gasteiger partial charge in [0.15, 0.2) is 5.82 Å². The van der Waals surface area contributed by atoms with Crippen molar-refractivity contribution < 1.29 is 4.92 Å². The van der Waals surface area contributed by atoms with Gasteiger partial charge in [0.05, 0.1) is 4.92 Å². The minimum Gasteiger partial charge on any atom is -0.310 e. The Kier molecular flexibility index (Phi) is 2.36. The van der Waals surface area contributed by atoms with E-state index in [-0.39, 0.29) is 10.6 Å². The highest BCUT2D eigenvalue weighted by Crippen LogP contribution is 2.38. The second kappa shape index (κ2) is 3.90. The summed E-state index contributed by atoms with van der Waals surface area (Å²) in [6, 6.07) is 5.28. The van der Waals surface area contributed by atoms with Gasteiger partial charge in [-0.05, 0) is 25.3 Å². The van der Waals surface area contributed by atoms with Crippen LogP contribution in [0.3, 0.4) is 0 Å². The van der Waals surface area contributed by atoms with Gasteiger partial charge in [-0.25, -0.2) is 0 Å². The third-order valence-electron chi connectivity index (χ3n) is 3.19. The van der Waals surface area contributed by atoms with Gasteiger partial charge in [0, 0.05) is 23.7 Å². The van der Waals surface area contributed by atoms with E-state index in [1.165, 1.54) is 6.07 Å². The summed E-state index contributed by atoms with van der Waals surface area (Å²) in [6.45, 7) is 1.92. The topological polar surface area (TPSA) is 73.8 Å². The molecule has 0 amide bonds. The van der Waals surface area contributed by atoms with E-state index in [2.05, 4.69) is 10.2 Å². The summed E-state index contributed by atoms with van der Waals surface area (Å²) in [4.78, 5) is 10.4. The van der Waals surface area contributed by atoms with E-state index >= 15 is 0 Å². The molecule has 0 N–H and O–H groups in total. The minimum absolute atomic E-state index is 0.0842. The van der Waals surface area contributed by atoms with Crippen molar-refractivity contribution in [1.29, 1.82) is 0 Å². The number of aryl methyl sites for hydroxylation is 1. The Hall–Kier alpha value is -2.24. The Balaban J connectivity index is 2.12. The van der Waals surface area contributed by atoms with Gasteiger partial charge in [0.2, 0.25) is 0 Å². The van der Waals surface area contributed by atoms with Crippen LogP contribution in [0.4, 0.5) is 5.69 Å². The molecule has 0 spiro atoms. The van der Waals surface area contributed by atoms with Crippen LogP contribution in [0, 0.1) is 17.0 Å². The number of nitrogens with zero attached hydrogens (tertiary/aromatic N) is 4. The van der Waals surface area contributed by atoms with Crippen molar-refractivity contribution >= 4 is 5.69 Å². The first kappa shape index (κ1) is 10.9. The minimum atomic E-state index is -0.388. The highest BCUT2D eigenvalue weighted by molar-refractivity contribution is 5.64. The fourth-order valence-electron chi connectivity index (χ4n) is 2.02. The molecule has 1 heterocycles. The zero-order chi connectivity index (χ0) is 12.7. The second-order valence-corrected chi connectivity index (χ2v) is 4.55. The van der Waals surface area contributed by atoms with Crippen LogP contribution in [0.15, 0.2) is 24.5 Å². The van der Waals surface area contributed by atoms with Crippen LogP contribution in [-0.4, -0.2) is 19.7 Å². The molecule has 1 aromatic heterocycles. The smallest absolute Gasteiger partial charge is 0.270 e. The quantitative estimate of drug-likeness (QED) is 0.614. The number of aromatic nitrogens is 3. The maximum atomic E-state index is 10.8. The average molecular weight is 244 g/mol. The number of rotatable bonds is 3. The molecule has 1 fully saturated rings. The summed E-state index contributed by atoms with van der Waals surface area (Å²) in [6.07, 6.45) is 3.95. The first-order valence-corrected chi connectivity index (χ1v) is 5.82. The van der Waals surface area contributed by atoms with E-state index in [0.717, 1.165) is 29.8 Å². The Morgan fingerprint density at radius 2 is 2.22 bits per heavy atom. The number of hydrogen-bond donors (Lipinski definition) is 0. The molecule has 0 atom stereocenters. The van der Waals surface area contributed by atoms with Crippen molar-refractivity contribution in [2.45, 2.75) is 25.8 Å². The van der Waals surface area contributed by atoms with E-state index in [0.29, 0.717) is 6.04 Å². The highest BCUT2D eigenvalue weighted by atomic mass is 16.6. The lowest BCUT2D eigenvalue weighted by atomic mass is 10.1. The first-order valence-electron chi connectivity index (χ1n) is 5.82. The molecule has 92 valence electrons. The van der Waals surface area contributed by atoms with E-state index in [4.69, 9.17) is 0 Å². The monoisotopic (exact) mass is 244 g/mol. The number of nitro groups is 1. The molecule has 0 aliphatic heterocycles. The highest BCUT2D eigenvalue weighted by Gasteiger charge is 2.27. The standard InChI is InChI=1S/C12H12N4O2/c1-8-2-3-10(16(17)18)6-11(8)12-14-13-7-15(12)9-4-5-9/h2-3,6-7,9H,4-5H2,1H3. The molecule has 18 heavy (non-hydrogen) atoms. The van der Waals surface area contributed by atoms with E-state index < -0.39 is 0 Å². The summed E-state index contributed by atoms with van der Waals surface area (Å²) < 4.78 is 2.01. The van der Waals surface area contributed by atoms with Gasteiger partial charge in [-0.3, -0.25) is 10.1 Å². The Bertz CT molecular complexity index is 616. The van der Waals surface area contributed by atoms with Gasteiger partial charge in [-0.2, -0.15) is 0 Å². The largest absolute Gasteiger partial charge is 0.310 e. The summed E-state index contributed by atoms with van der Waals surface area (Å²) in [5, 5.41) is 18.8. The maximum absolute atomic E-state index is 10.8. The number of nitro benzene ring substituents is 1. The van der Waals surface area contributed by atoms with Crippen LogP contribution < -0.4 is 0 Å². The van der Waals surface area contributed by atoms with Crippen LogP contribution >= 0.6 is 0 Å². The van der Waals surface area contributed by atoms with Crippen LogP contribution in [0.2, 0.25) is 0 Å². The molecule has 0 radical (unpaired) electrons. The fraction of sp³-hybridized carbons (Fsp3) is 0.333. The molecular weight excluding hydrogens is 232 g/mol. The van der Waals surface area contributed by atoms with E-state index in [1.54, 1.807) is 18.5 Å². The van der Waals surface area contributed by atoms with Gasteiger partial charge in [-0.1, -0.05) is 6.07 Å². The van der Waals surface area contributed by atoms with Crippen molar-refractivity contribution in [3.63, 3.8) is 0 Å². The zero-order valence-corrected chi connectivity index (χ0v) is 9.91. The molecule has 3 rings (SSSR count). The third kappa shape index (κ3) is 1.75. The summed E-state index contributed by atoms with van der Waals surface area (Å²) >= 11 is 0. The van der Waals surface area contributed by atoms with Gasteiger partial charge < -0.3 is 4.57 Å². The maximum Gasteiger partial charge on any atom is 0.270 e. The van der Waals surface area contributed by atoms with Crippen LogP contribution in [0.25, 0.3) is 11.4 Å². The molecular formula is C12H12N4O2. The number of hydrogen-bond acceptors (Lipinski definition) is 4. The van der Waals surface area contributed by atoms with Gasteiger partial charge in [0.25, 0.3) is 5.69 Å². The lowest BCUT2D eigenvalue weighted by Crippen LogP contribution is -1.98. The Morgan fingerprint density at radius 1 is 1.44 bits per heavy atom. The van der Waals surface area contributed by atoms with Gasteiger partial charge in [0.1, 0.15) is 6.33 Å². The average Bonchev–Trinajstić information content (AvgIpc) is 3.08. The lowest BCUT2D eigenvalue weighted by Gasteiger charge is -2.07. The summed E-state index contributed by atoms with van der Waals surface area (Å²) in [5.74, 6) is 0.721. The van der Waals surface area contributed by atoms with E-state index in [9.17, 15) is 10.1 Å². The molecule has 2 aromatic rings. The van der Waals surface area contributed by atoms with Crippen molar-refractivity contribution in [3.8, 4) is 11.4 Å². The first-order chi connectivity index (χ1) is 8.66. The molecule has 1 saturated carbocycles. The SMILES string of the molecule is Cc1ccc([N+](=O)[O-])cc1-c1nncn1C1CC1. The molecule has 6 nitrogen and oxygen atoms in total. The molecule has 1 aliphatic carbocycles.